The van der Waals surface area contributed by atoms with E-state index in [1.54, 1.807) is 18.2 Å². The van der Waals surface area contributed by atoms with Gasteiger partial charge in [-0.25, -0.2) is 18.2 Å². The van der Waals surface area contributed by atoms with Crippen molar-refractivity contribution in [3.05, 3.63) is 106 Å². The SMILES string of the molecule is OC1c2ccccc2COc2ccc(/C=C/c3ccc4c(F)c(F)c(F)cc4n3)cc21. The minimum Gasteiger partial charge on any atom is -0.488 e. The highest BCUT2D eigenvalue weighted by Crippen LogP contribution is 2.36. The first-order chi connectivity index (χ1) is 15.0. The fraction of sp³-hybridized carbons (Fsp3) is 0.0800. The van der Waals surface area contributed by atoms with E-state index < -0.39 is 23.6 Å². The minimum atomic E-state index is -1.51. The zero-order chi connectivity index (χ0) is 21.5. The summed E-state index contributed by atoms with van der Waals surface area (Å²) < 4.78 is 46.6. The molecule has 1 atom stereocenters. The first-order valence-corrected chi connectivity index (χ1v) is 9.66. The number of hydrogen-bond donors (Lipinski definition) is 1. The standard InChI is InChI=1S/C25H16F3NO2/c26-20-12-21-18(23(27)24(20)28)9-8-16(29-21)7-5-14-6-10-22-19(11-14)25(30)17-4-2-1-3-15(17)13-31-22/h1-12,25,30H,13H2/b7-5+. The maximum atomic E-state index is 13.9. The van der Waals surface area contributed by atoms with Gasteiger partial charge in [-0.1, -0.05) is 36.4 Å². The minimum absolute atomic E-state index is 0.0286. The van der Waals surface area contributed by atoms with Gasteiger partial charge in [0.15, 0.2) is 17.5 Å². The second-order valence-electron chi connectivity index (χ2n) is 7.31. The van der Waals surface area contributed by atoms with E-state index in [-0.39, 0.29) is 10.9 Å². The fourth-order valence-corrected chi connectivity index (χ4v) is 3.74. The normalized spacial score (nSPS) is 15.4. The zero-order valence-electron chi connectivity index (χ0n) is 16.1. The van der Waals surface area contributed by atoms with Gasteiger partial charge in [0.2, 0.25) is 0 Å². The Balaban J connectivity index is 1.48. The zero-order valence-corrected chi connectivity index (χ0v) is 16.1. The number of rotatable bonds is 2. The Bertz CT molecular complexity index is 1350. The van der Waals surface area contributed by atoms with E-state index in [0.29, 0.717) is 23.6 Å². The summed E-state index contributed by atoms with van der Waals surface area (Å²) in [6, 6.07) is 16.8. The molecule has 0 radical (unpaired) electrons. The average Bonchev–Trinajstić information content (AvgIpc) is 2.93. The first kappa shape index (κ1) is 19.3. The molecular weight excluding hydrogens is 403 g/mol. The third kappa shape index (κ3) is 3.45. The summed E-state index contributed by atoms with van der Waals surface area (Å²) in [5, 5.41) is 10.8. The summed E-state index contributed by atoms with van der Waals surface area (Å²) in [6.45, 7) is 0.379. The van der Waals surface area contributed by atoms with Crippen molar-refractivity contribution >= 4 is 23.1 Å². The summed E-state index contributed by atoms with van der Waals surface area (Å²) in [5.74, 6) is -3.43. The van der Waals surface area contributed by atoms with Crippen LogP contribution in [0.15, 0.2) is 60.7 Å². The topological polar surface area (TPSA) is 42.4 Å². The molecule has 1 aliphatic heterocycles. The molecule has 0 saturated carbocycles. The molecule has 3 nitrogen and oxygen atoms in total. The largest absolute Gasteiger partial charge is 0.488 e. The van der Waals surface area contributed by atoms with Crippen LogP contribution in [0.3, 0.4) is 0 Å². The van der Waals surface area contributed by atoms with Crippen molar-refractivity contribution in [3.8, 4) is 5.75 Å². The molecular formula is C25H16F3NO2. The molecule has 6 heteroatoms. The first-order valence-electron chi connectivity index (χ1n) is 9.66. The number of nitrogens with zero attached hydrogens (tertiary/aromatic N) is 1. The van der Waals surface area contributed by atoms with Gasteiger partial charge in [0, 0.05) is 17.0 Å². The van der Waals surface area contributed by atoms with Crippen molar-refractivity contribution in [3.63, 3.8) is 0 Å². The van der Waals surface area contributed by atoms with Crippen LogP contribution in [-0.2, 0) is 6.61 Å². The quantitative estimate of drug-likeness (QED) is 0.418. The molecule has 0 spiro atoms. The van der Waals surface area contributed by atoms with Crippen molar-refractivity contribution in [2.24, 2.45) is 0 Å². The van der Waals surface area contributed by atoms with Crippen molar-refractivity contribution in [1.82, 2.24) is 4.98 Å². The van der Waals surface area contributed by atoms with Gasteiger partial charge in [-0.3, -0.25) is 0 Å². The van der Waals surface area contributed by atoms with Gasteiger partial charge in [-0.05, 0) is 47.0 Å². The van der Waals surface area contributed by atoms with E-state index in [4.69, 9.17) is 4.74 Å². The predicted molar refractivity (Wildman–Crippen MR) is 112 cm³/mol. The highest BCUT2D eigenvalue weighted by molar-refractivity contribution is 5.81. The number of pyridine rings is 1. The Hall–Kier alpha value is -3.64. The number of ether oxygens (including phenoxy) is 1. The molecule has 5 rings (SSSR count). The molecule has 0 fully saturated rings. The third-order valence-electron chi connectivity index (χ3n) is 5.36. The van der Waals surface area contributed by atoms with E-state index in [1.807, 2.05) is 36.4 Å². The molecule has 0 saturated heterocycles. The second kappa shape index (κ2) is 7.56. The number of benzene rings is 3. The molecule has 0 amide bonds. The fourth-order valence-electron chi connectivity index (χ4n) is 3.74. The van der Waals surface area contributed by atoms with Crippen molar-refractivity contribution in [2.75, 3.05) is 0 Å². The summed E-state index contributed by atoms with van der Waals surface area (Å²) in [6.07, 6.45) is 2.63. The number of aromatic nitrogens is 1. The molecule has 0 bridgehead atoms. The number of fused-ring (bicyclic) bond motifs is 3. The Morgan fingerprint density at radius 1 is 0.903 bits per heavy atom. The molecule has 154 valence electrons. The summed E-state index contributed by atoms with van der Waals surface area (Å²) in [5.41, 5.74) is 3.66. The van der Waals surface area contributed by atoms with Crippen LogP contribution in [0, 0.1) is 17.5 Å². The van der Waals surface area contributed by atoms with Gasteiger partial charge in [0.05, 0.1) is 11.2 Å². The highest BCUT2D eigenvalue weighted by atomic mass is 19.2. The molecule has 0 aliphatic carbocycles. The van der Waals surface area contributed by atoms with E-state index in [9.17, 15) is 18.3 Å². The Kier molecular flexibility index (Phi) is 4.71. The van der Waals surface area contributed by atoms with E-state index >= 15 is 0 Å². The lowest BCUT2D eigenvalue weighted by Gasteiger charge is -2.13. The summed E-state index contributed by atoms with van der Waals surface area (Å²) in [4.78, 5) is 4.19. The maximum absolute atomic E-state index is 13.9. The Labute approximate surface area is 176 Å². The van der Waals surface area contributed by atoms with Crippen LogP contribution in [0.4, 0.5) is 13.2 Å². The van der Waals surface area contributed by atoms with Gasteiger partial charge in [-0.15, -0.1) is 0 Å². The lowest BCUT2D eigenvalue weighted by molar-refractivity contribution is 0.218. The number of aliphatic hydroxyl groups is 1. The van der Waals surface area contributed by atoms with E-state index in [2.05, 4.69) is 4.98 Å². The van der Waals surface area contributed by atoms with Gasteiger partial charge >= 0.3 is 0 Å². The Morgan fingerprint density at radius 2 is 1.74 bits per heavy atom. The van der Waals surface area contributed by atoms with E-state index in [1.165, 1.54) is 12.1 Å². The summed E-state index contributed by atoms with van der Waals surface area (Å²) in [7, 11) is 0. The number of hydrogen-bond acceptors (Lipinski definition) is 3. The molecule has 31 heavy (non-hydrogen) atoms. The second-order valence-corrected chi connectivity index (χ2v) is 7.31. The molecule has 1 N–H and O–H groups in total. The van der Waals surface area contributed by atoms with Crippen molar-refractivity contribution in [1.29, 1.82) is 0 Å². The van der Waals surface area contributed by atoms with Gasteiger partial charge in [0.25, 0.3) is 0 Å². The third-order valence-corrected chi connectivity index (χ3v) is 5.36. The maximum Gasteiger partial charge on any atom is 0.195 e. The van der Waals surface area contributed by atoms with Crippen LogP contribution in [-0.4, -0.2) is 10.1 Å². The summed E-state index contributed by atoms with van der Waals surface area (Å²) >= 11 is 0. The molecule has 2 heterocycles. The highest BCUT2D eigenvalue weighted by Gasteiger charge is 2.22. The lowest BCUT2D eigenvalue weighted by atomic mass is 9.96. The molecule has 1 unspecified atom stereocenters. The van der Waals surface area contributed by atoms with Crippen LogP contribution < -0.4 is 4.74 Å². The van der Waals surface area contributed by atoms with Gasteiger partial charge in [0.1, 0.15) is 18.5 Å². The van der Waals surface area contributed by atoms with Crippen LogP contribution in [0.25, 0.3) is 23.1 Å². The number of halogens is 3. The van der Waals surface area contributed by atoms with Crippen LogP contribution in [0.2, 0.25) is 0 Å². The van der Waals surface area contributed by atoms with Gasteiger partial charge < -0.3 is 9.84 Å². The van der Waals surface area contributed by atoms with Crippen LogP contribution >= 0.6 is 0 Å². The lowest BCUT2D eigenvalue weighted by Crippen LogP contribution is -2.01. The molecule has 1 aromatic heterocycles. The molecule has 4 aromatic rings. The molecule has 1 aliphatic rings. The van der Waals surface area contributed by atoms with E-state index in [0.717, 1.165) is 22.8 Å². The van der Waals surface area contributed by atoms with Crippen molar-refractivity contribution in [2.45, 2.75) is 12.7 Å². The monoisotopic (exact) mass is 419 g/mol. The van der Waals surface area contributed by atoms with Crippen molar-refractivity contribution < 1.29 is 23.0 Å². The molecule has 3 aromatic carbocycles. The van der Waals surface area contributed by atoms with Gasteiger partial charge in [-0.2, -0.15) is 0 Å². The van der Waals surface area contributed by atoms with Crippen LogP contribution in [0.1, 0.15) is 34.1 Å². The van der Waals surface area contributed by atoms with Crippen LogP contribution in [0.5, 0.6) is 5.75 Å². The average molecular weight is 419 g/mol. The predicted octanol–water partition coefficient (Wildman–Crippen LogP) is 5.80. The Morgan fingerprint density at radius 3 is 2.61 bits per heavy atom. The smallest absolute Gasteiger partial charge is 0.195 e. The number of aliphatic hydroxyl groups excluding tert-OH is 1.